The fourth-order valence-electron chi connectivity index (χ4n) is 0.780. The average molecular weight is 169 g/mol. The van der Waals surface area contributed by atoms with Crippen LogP contribution in [0.3, 0.4) is 0 Å². The summed E-state index contributed by atoms with van der Waals surface area (Å²) >= 11 is 0. The fourth-order valence-corrected chi connectivity index (χ4v) is 0.780. The Morgan fingerprint density at radius 3 is 2.55 bits per heavy atom. The molecule has 11 heavy (non-hydrogen) atoms. The normalized spacial score (nSPS) is 7.91. The van der Waals surface area contributed by atoms with Crippen molar-refractivity contribution in [3.63, 3.8) is 0 Å². The average Bonchev–Trinajstić information content (AvgIpc) is 1.94. The highest BCUT2D eigenvalue weighted by molar-refractivity contribution is 5.85. The van der Waals surface area contributed by atoms with Gasteiger partial charge < -0.3 is 5.73 Å². The van der Waals surface area contributed by atoms with Crippen LogP contribution in [0.25, 0.3) is 0 Å². The number of nitriles is 1. The molecule has 0 atom stereocenters. The fraction of sp³-hybridized carbons (Fsp3) is 0.125. The van der Waals surface area contributed by atoms with E-state index in [1.54, 1.807) is 6.07 Å². The standard InChI is InChI=1S/C8H8N2.ClH/c9-6-5-7-3-1-2-4-8(7)10;/h1-4H,5,10H2;1H. The molecular weight excluding hydrogens is 160 g/mol. The molecule has 1 aromatic carbocycles. The third kappa shape index (κ3) is 2.48. The molecule has 0 radical (unpaired) electrons. The van der Waals surface area contributed by atoms with Gasteiger partial charge in [0.15, 0.2) is 0 Å². The van der Waals surface area contributed by atoms with Crippen LogP contribution in [-0.2, 0) is 6.42 Å². The first-order chi connectivity index (χ1) is 4.84. The molecule has 0 aromatic heterocycles. The molecule has 0 aliphatic carbocycles. The zero-order valence-electron chi connectivity index (χ0n) is 5.95. The van der Waals surface area contributed by atoms with Gasteiger partial charge in [-0.15, -0.1) is 12.4 Å². The van der Waals surface area contributed by atoms with Crippen LogP contribution in [0.1, 0.15) is 5.56 Å². The minimum Gasteiger partial charge on any atom is -0.398 e. The van der Waals surface area contributed by atoms with Gasteiger partial charge in [0.25, 0.3) is 0 Å². The maximum atomic E-state index is 8.34. The van der Waals surface area contributed by atoms with Gasteiger partial charge in [-0.25, -0.2) is 0 Å². The predicted octanol–water partition coefficient (Wildman–Crippen LogP) is 1.76. The molecule has 3 heteroatoms. The molecule has 1 aromatic rings. The molecule has 0 aliphatic heterocycles. The van der Waals surface area contributed by atoms with Crippen molar-refractivity contribution < 1.29 is 0 Å². The SMILES string of the molecule is Cl.N#CCc1ccccc1N. The van der Waals surface area contributed by atoms with Crippen LogP contribution in [0, 0.1) is 11.3 Å². The number of anilines is 1. The maximum Gasteiger partial charge on any atom is 0.0670 e. The summed E-state index contributed by atoms with van der Waals surface area (Å²) in [5.41, 5.74) is 7.16. The van der Waals surface area contributed by atoms with Crippen LogP contribution >= 0.6 is 12.4 Å². The Bertz CT molecular complexity index is 265. The molecule has 0 amide bonds. The van der Waals surface area contributed by atoms with E-state index in [1.807, 2.05) is 24.3 Å². The molecule has 0 spiro atoms. The Kier molecular flexibility index (Phi) is 4.09. The molecule has 0 bridgehead atoms. The van der Waals surface area contributed by atoms with Gasteiger partial charge >= 0.3 is 0 Å². The van der Waals surface area contributed by atoms with Crippen LogP contribution in [0.4, 0.5) is 5.69 Å². The lowest BCUT2D eigenvalue weighted by Crippen LogP contribution is -1.91. The van der Waals surface area contributed by atoms with E-state index in [1.165, 1.54) is 0 Å². The number of nitrogen functional groups attached to an aromatic ring is 1. The summed E-state index contributed by atoms with van der Waals surface area (Å²) in [5.74, 6) is 0. The topological polar surface area (TPSA) is 49.8 Å². The van der Waals surface area contributed by atoms with E-state index >= 15 is 0 Å². The lowest BCUT2D eigenvalue weighted by atomic mass is 10.1. The second-order valence-corrected chi connectivity index (χ2v) is 2.03. The quantitative estimate of drug-likeness (QED) is 0.650. The smallest absolute Gasteiger partial charge is 0.0670 e. The molecule has 0 fully saturated rings. The van der Waals surface area contributed by atoms with Crippen molar-refractivity contribution in [3.8, 4) is 6.07 Å². The number of para-hydroxylation sites is 1. The number of halogens is 1. The highest BCUT2D eigenvalue weighted by Gasteiger charge is 1.93. The van der Waals surface area contributed by atoms with Crippen LogP contribution in [0.15, 0.2) is 24.3 Å². The van der Waals surface area contributed by atoms with Crippen LogP contribution in [-0.4, -0.2) is 0 Å². The molecule has 0 saturated heterocycles. The van der Waals surface area contributed by atoms with Gasteiger partial charge in [0.1, 0.15) is 0 Å². The van der Waals surface area contributed by atoms with E-state index in [2.05, 4.69) is 0 Å². The number of benzene rings is 1. The number of hydrogen-bond acceptors (Lipinski definition) is 2. The van der Waals surface area contributed by atoms with Gasteiger partial charge in [-0.2, -0.15) is 5.26 Å². The third-order valence-electron chi connectivity index (χ3n) is 1.32. The van der Waals surface area contributed by atoms with E-state index in [0.29, 0.717) is 12.1 Å². The Balaban J connectivity index is 0.000001000. The van der Waals surface area contributed by atoms with Crippen molar-refractivity contribution >= 4 is 18.1 Å². The lowest BCUT2D eigenvalue weighted by molar-refractivity contribution is 1.27. The highest BCUT2D eigenvalue weighted by Crippen LogP contribution is 2.09. The number of nitrogens with two attached hydrogens (primary N) is 1. The number of nitrogens with zero attached hydrogens (tertiary/aromatic N) is 1. The first kappa shape index (κ1) is 9.80. The molecule has 0 saturated carbocycles. The monoisotopic (exact) mass is 168 g/mol. The molecule has 1 rings (SSSR count). The molecule has 2 N–H and O–H groups in total. The predicted molar refractivity (Wildman–Crippen MR) is 47.4 cm³/mol. The van der Waals surface area contributed by atoms with Gasteiger partial charge in [-0.1, -0.05) is 18.2 Å². The van der Waals surface area contributed by atoms with Crippen molar-refractivity contribution in [2.24, 2.45) is 0 Å². The van der Waals surface area contributed by atoms with Gasteiger partial charge in [0.2, 0.25) is 0 Å². The van der Waals surface area contributed by atoms with Gasteiger partial charge in [0, 0.05) is 5.69 Å². The number of rotatable bonds is 1. The van der Waals surface area contributed by atoms with Crippen LogP contribution in [0.5, 0.6) is 0 Å². The zero-order valence-corrected chi connectivity index (χ0v) is 6.77. The Labute approximate surface area is 72.0 Å². The molecular formula is C8H9ClN2. The van der Waals surface area contributed by atoms with Crippen molar-refractivity contribution in [1.82, 2.24) is 0 Å². The minimum absolute atomic E-state index is 0. The van der Waals surface area contributed by atoms with E-state index in [0.717, 1.165) is 5.56 Å². The van der Waals surface area contributed by atoms with E-state index in [-0.39, 0.29) is 12.4 Å². The van der Waals surface area contributed by atoms with E-state index in [9.17, 15) is 0 Å². The Morgan fingerprint density at radius 1 is 1.36 bits per heavy atom. The van der Waals surface area contributed by atoms with Crippen molar-refractivity contribution in [2.45, 2.75) is 6.42 Å². The summed E-state index contributed by atoms with van der Waals surface area (Å²) in [7, 11) is 0. The third-order valence-corrected chi connectivity index (χ3v) is 1.32. The zero-order chi connectivity index (χ0) is 7.40. The van der Waals surface area contributed by atoms with Crippen LogP contribution < -0.4 is 5.73 Å². The molecule has 0 unspecified atom stereocenters. The summed E-state index contributed by atoms with van der Waals surface area (Å²) in [4.78, 5) is 0. The molecule has 2 nitrogen and oxygen atoms in total. The lowest BCUT2D eigenvalue weighted by Gasteiger charge is -1.97. The molecule has 0 heterocycles. The summed E-state index contributed by atoms with van der Waals surface area (Å²) in [6.07, 6.45) is 0.396. The summed E-state index contributed by atoms with van der Waals surface area (Å²) in [5, 5.41) is 8.34. The van der Waals surface area contributed by atoms with Gasteiger partial charge in [-0.3, -0.25) is 0 Å². The molecule has 58 valence electrons. The van der Waals surface area contributed by atoms with Crippen molar-refractivity contribution in [3.05, 3.63) is 29.8 Å². The highest BCUT2D eigenvalue weighted by atomic mass is 35.5. The Hall–Kier alpha value is -1.20. The minimum atomic E-state index is 0. The summed E-state index contributed by atoms with van der Waals surface area (Å²) in [6, 6.07) is 9.44. The number of hydrogen-bond donors (Lipinski definition) is 1. The van der Waals surface area contributed by atoms with Gasteiger partial charge in [0.05, 0.1) is 12.5 Å². The van der Waals surface area contributed by atoms with Crippen molar-refractivity contribution in [1.29, 1.82) is 5.26 Å². The second-order valence-electron chi connectivity index (χ2n) is 2.03. The van der Waals surface area contributed by atoms with Crippen molar-refractivity contribution in [2.75, 3.05) is 5.73 Å². The van der Waals surface area contributed by atoms with E-state index in [4.69, 9.17) is 11.0 Å². The first-order valence-electron chi connectivity index (χ1n) is 3.05. The Morgan fingerprint density at radius 2 is 2.00 bits per heavy atom. The van der Waals surface area contributed by atoms with Gasteiger partial charge in [-0.05, 0) is 11.6 Å². The maximum absolute atomic E-state index is 8.34. The summed E-state index contributed by atoms with van der Waals surface area (Å²) in [6.45, 7) is 0. The second kappa shape index (κ2) is 4.59. The largest absolute Gasteiger partial charge is 0.398 e. The van der Waals surface area contributed by atoms with E-state index < -0.39 is 0 Å². The van der Waals surface area contributed by atoms with Crippen LogP contribution in [0.2, 0.25) is 0 Å². The molecule has 0 aliphatic rings. The first-order valence-corrected chi connectivity index (χ1v) is 3.05. The summed E-state index contributed by atoms with van der Waals surface area (Å²) < 4.78 is 0.